The van der Waals surface area contributed by atoms with Gasteiger partial charge in [0.15, 0.2) is 5.96 Å². The minimum absolute atomic E-state index is 0.0658. The fraction of sp³-hybridized carbons (Fsp3) is 0.941. The van der Waals surface area contributed by atoms with E-state index in [0.717, 1.165) is 51.9 Å². The molecule has 0 saturated carbocycles. The monoisotopic (exact) mass is 325 g/mol. The van der Waals surface area contributed by atoms with Gasteiger partial charge in [-0.25, -0.2) is 0 Å². The van der Waals surface area contributed by atoms with Gasteiger partial charge in [0.1, 0.15) is 0 Å². The van der Waals surface area contributed by atoms with Gasteiger partial charge in [-0.15, -0.1) is 0 Å². The van der Waals surface area contributed by atoms with Gasteiger partial charge in [-0.05, 0) is 47.2 Å². The molecule has 2 rings (SSSR count). The molecule has 6 heteroatoms. The largest absolute Gasteiger partial charge is 0.379 e. The van der Waals surface area contributed by atoms with E-state index in [2.05, 4.69) is 48.3 Å². The lowest BCUT2D eigenvalue weighted by molar-refractivity contribution is -0.00684. The highest BCUT2D eigenvalue weighted by atomic mass is 16.5. The number of hydrogen-bond acceptors (Lipinski definition) is 4. The summed E-state index contributed by atoms with van der Waals surface area (Å²) in [6, 6.07) is 0.631. The second-order valence-electron chi connectivity index (χ2n) is 7.26. The van der Waals surface area contributed by atoms with Gasteiger partial charge in [-0.1, -0.05) is 0 Å². The molecule has 23 heavy (non-hydrogen) atoms. The second-order valence-corrected chi connectivity index (χ2v) is 7.26. The van der Waals surface area contributed by atoms with Crippen molar-refractivity contribution in [1.82, 2.24) is 20.4 Å². The van der Waals surface area contributed by atoms with E-state index in [9.17, 15) is 0 Å². The molecule has 0 aromatic heterocycles. The van der Waals surface area contributed by atoms with Gasteiger partial charge in [0.2, 0.25) is 0 Å². The normalized spacial score (nSPS) is 24.9. The fourth-order valence-corrected chi connectivity index (χ4v) is 3.33. The van der Waals surface area contributed by atoms with Crippen molar-refractivity contribution in [3.05, 3.63) is 0 Å². The Morgan fingerprint density at radius 2 is 1.96 bits per heavy atom. The molecule has 0 aromatic carbocycles. The Bertz CT molecular complexity index is 379. The summed E-state index contributed by atoms with van der Waals surface area (Å²) in [5, 5.41) is 6.90. The van der Waals surface area contributed by atoms with Crippen LogP contribution in [0.5, 0.6) is 0 Å². The van der Waals surface area contributed by atoms with Crippen molar-refractivity contribution in [1.29, 1.82) is 0 Å². The molecular weight excluding hydrogens is 290 g/mol. The topological polar surface area (TPSA) is 52.1 Å². The Hall–Kier alpha value is -0.850. The summed E-state index contributed by atoms with van der Waals surface area (Å²) in [5.74, 6) is 0.939. The number of nitrogens with one attached hydrogen (secondary N) is 2. The summed E-state index contributed by atoms with van der Waals surface area (Å²) >= 11 is 0. The molecule has 2 heterocycles. The summed E-state index contributed by atoms with van der Waals surface area (Å²) in [6.07, 6.45) is 2.59. The zero-order valence-corrected chi connectivity index (χ0v) is 15.4. The summed E-state index contributed by atoms with van der Waals surface area (Å²) < 4.78 is 5.46. The Morgan fingerprint density at radius 3 is 2.57 bits per heavy atom. The second kappa shape index (κ2) is 8.85. The van der Waals surface area contributed by atoms with Crippen LogP contribution in [0.15, 0.2) is 4.99 Å². The van der Waals surface area contributed by atoms with Crippen molar-refractivity contribution >= 4 is 5.96 Å². The summed E-state index contributed by atoms with van der Waals surface area (Å²) in [5.41, 5.74) is 0.0658. The van der Waals surface area contributed by atoms with Crippen LogP contribution in [0.25, 0.3) is 0 Å². The first-order chi connectivity index (χ1) is 11.0. The molecule has 0 radical (unpaired) electrons. The van der Waals surface area contributed by atoms with Crippen molar-refractivity contribution in [3.8, 4) is 0 Å². The van der Waals surface area contributed by atoms with E-state index in [1.807, 2.05) is 0 Å². The van der Waals surface area contributed by atoms with E-state index in [-0.39, 0.29) is 5.54 Å². The SMILES string of the molecule is CCNC(=NCC(C)(C)N1CCOCC1)NCC1CCCN1C. The van der Waals surface area contributed by atoms with E-state index < -0.39 is 0 Å². The lowest BCUT2D eigenvalue weighted by Gasteiger charge is -2.40. The summed E-state index contributed by atoms with van der Waals surface area (Å²) in [6.45, 7) is 14.2. The number of morpholine rings is 1. The molecule has 2 fully saturated rings. The van der Waals surface area contributed by atoms with E-state index in [1.54, 1.807) is 0 Å². The van der Waals surface area contributed by atoms with Gasteiger partial charge in [-0.3, -0.25) is 9.89 Å². The Labute approximate surface area is 141 Å². The van der Waals surface area contributed by atoms with E-state index in [1.165, 1.54) is 19.4 Å². The van der Waals surface area contributed by atoms with Crippen molar-refractivity contribution in [2.75, 3.05) is 59.5 Å². The standard InChI is InChI=1S/C17H35N5O/c1-5-18-16(19-13-15-7-6-8-21(15)4)20-14-17(2,3)22-9-11-23-12-10-22/h15H,5-14H2,1-4H3,(H2,18,19,20). The minimum Gasteiger partial charge on any atom is -0.379 e. The Balaban J connectivity index is 1.86. The highest BCUT2D eigenvalue weighted by Crippen LogP contribution is 2.16. The molecule has 2 saturated heterocycles. The van der Waals surface area contributed by atoms with Crippen LogP contribution in [0, 0.1) is 0 Å². The van der Waals surface area contributed by atoms with Gasteiger partial charge in [0.05, 0.1) is 19.8 Å². The quantitative estimate of drug-likeness (QED) is 0.557. The number of likely N-dealkylation sites (N-methyl/N-ethyl adjacent to an activating group) is 1. The van der Waals surface area contributed by atoms with Crippen LogP contribution in [0.1, 0.15) is 33.6 Å². The number of guanidine groups is 1. The Morgan fingerprint density at radius 1 is 1.22 bits per heavy atom. The lowest BCUT2D eigenvalue weighted by atomic mass is 10.0. The van der Waals surface area contributed by atoms with E-state index >= 15 is 0 Å². The molecule has 134 valence electrons. The average molecular weight is 326 g/mol. The first-order valence-corrected chi connectivity index (χ1v) is 9.08. The third kappa shape index (κ3) is 5.62. The predicted molar refractivity (Wildman–Crippen MR) is 96.1 cm³/mol. The average Bonchev–Trinajstić information content (AvgIpc) is 2.96. The predicted octanol–water partition coefficient (Wildman–Crippen LogP) is 0.747. The van der Waals surface area contributed by atoms with Gasteiger partial charge in [0, 0.05) is 37.8 Å². The molecule has 2 aliphatic heterocycles. The minimum atomic E-state index is 0.0658. The summed E-state index contributed by atoms with van der Waals surface area (Å²) in [7, 11) is 2.21. The lowest BCUT2D eigenvalue weighted by Crippen LogP contribution is -2.52. The number of aliphatic imine (C=N–C) groups is 1. The molecule has 2 N–H and O–H groups in total. The maximum atomic E-state index is 5.46. The number of likely N-dealkylation sites (tertiary alicyclic amines) is 1. The molecule has 1 unspecified atom stereocenters. The smallest absolute Gasteiger partial charge is 0.191 e. The molecule has 0 bridgehead atoms. The number of nitrogens with zero attached hydrogens (tertiary/aromatic N) is 3. The van der Waals surface area contributed by atoms with Crippen molar-refractivity contribution in [2.45, 2.75) is 45.2 Å². The molecule has 0 spiro atoms. The van der Waals surface area contributed by atoms with Crippen molar-refractivity contribution in [2.24, 2.45) is 4.99 Å². The van der Waals surface area contributed by atoms with Crippen LogP contribution < -0.4 is 10.6 Å². The van der Waals surface area contributed by atoms with Crippen molar-refractivity contribution < 1.29 is 4.74 Å². The highest BCUT2D eigenvalue weighted by Gasteiger charge is 2.28. The zero-order chi connectivity index (χ0) is 16.7. The maximum Gasteiger partial charge on any atom is 0.191 e. The highest BCUT2D eigenvalue weighted by molar-refractivity contribution is 5.79. The molecule has 6 nitrogen and oxygen atoms in total. The van der Waals surface area contributed by atoms with Gasteiger partial charge in [0.25, 0.3) is 0 Å². The Kier molecular flexibility index (Phi) is 7.11. The van der Waals surface area contributed by atoms with Crippen LogP contribution in [0.4, 0.5) is 0 Å². The molecule has 0 aromatic rings. The van der Waals surface area contributed by atoms with Crippen LogP contribution in [0.3, 0.4) is 0 Å². The van der Waals surface area contributed by atoms with Gasteiger partial charge in [-0.2, -0.15) is 0 Å². The first kappa shape index (κ1) is 18.5. The number of hydrogen-bond donors (Lipinski definition) is 2. The van der Waals surface area contributed by atoms with E-state index in [4.69, 9.17) is 9.73 Å². The summed E-state index contributed by atoms with van der Waals surface area (Å²) in [4.78, 5) is 9.76. The zero-order valence-electron chi connectivity index (χ0n) is 15.4. The van der Waals surface area contributed by atoms with Crippen LogP contribution in [-0.4, -0.2) is 86.9 Å². The molecule has 2 aliphatic rings. The number of ether oxygens (including phenoxy) is 1. The van der Waals surface area contributed by atoms with Crippen molar-refractivity contribution in [3.63, 3.8) is 0 Å². The maximum absolute atomic E-state index is 5.46. The van der Waals surface area contributed by atoms with Gasteiger partial charge < -0.3 is 20.3 Å². The van der Waals surface area contributed by atoms with Crippen LogP contribution >= 0.6 is 0 Å². The third-order valence-corrected chi connectivity index (χ3v) is 5.01. The van der Waals surface area contributed by atoms with Crippen LogP contribution in [0.2, 0.25) is 0 Å². The third-order valence-electron chi connectivity index (χ3n) is 5.01. The van der Waals surface area contributed by atoms with Gasteiger partial charge >= 0.3 is 0 Å². The molecule has 0 aliphatic carbocycles. The van der Waals surface area contributed by atoms with E-state index in [0.29, 0.717) is 6.04 Å². The molecule has 0 amide bonds. The number of rotatable bonds is 6. The molecule has 1 atom stereocenters. The fourth-order valence-electron chi connectivity index (χ4n) is 3.33. The first-order valence-electron chi connectivity index (χ1n) is 9.08. The molecular formula is C17H35N5O. The van der Waals surface area contributed by atoms with Crippen LogP contribution in [-0.2, 0) is 4.74 Å².